The number of nitrogens with zero attached hydrogens (tertiary/aromatic N) is 1. The molecule has 4 nitrogen and oxygen atoms in total. The smallest absolute Gasteiger partial charge is 0.234 e. The largest absolute Gasteiger partial charge is 0.467 e. The molecule has 1 aromatic carbocycles. The topological polar surface area (TPSA) is 45.5 Å². The monoisotopic (exact) mass is 292 g/mol. The molecule has 0 atom stereocenters. The molecule has 0 aliphatic carbocycles. The van der Waals surface area contributed by atoms with Crippen LogP contribution in [-0.4, -0.2) is 24.4 Å². The molecule has 5 heteroatoms. The molecule has 0 spiro atoms. The first kappa shape index (κ1) is 14.6. The van der Waals surface area contributed by atoms with Crippen LogP contribution in [0.1, 0.15) is 11.3 Å². The molecule has 0 saturated heterocycles. The number of rotatable bonds is 6. The molecule has 1 N–H and O–H groups in total. The van der Waals surface area contributed by atoms with Gasteiger partial charge in [-0.15, -0.1) is 0 Å². The van der Waals surface area contributed by atoms with Crippen LogP contribution in [-0.2, 0) is 17.9 Å². The summed E-state index contributed by atoms with van der Waals surface area (Å²) in [6.07, 6.45) is 1.59. The Bertz CT molecular complexity index is 555. The van der Waals surface area contributed by atoms with E-state index in [-0.39, 0.29) is 5.91 Å². The summed E-state index contributed by atoms with van der Waals surface area (Å²) in [5.41, 5.74) is 1.08. The molecule has 2 rings (SSSR count). The van der Waals surface area contributed by atoms with Crippen molar-refractivity contribution >= 4 is 17.5 Å². The Kier molecular flexibility index (Phi) is 5.21. The number of hydrogen-bond donors (Lipinski definition) is 1. The van der Waals surface area contributed by atoms with Crippen molar-refractivity contribution in [3.05, 3.63) is 59.0 Å². The molecule has 20 heavy (non-hydrogen) atoms. The minimum absolute atomic E-state index is 0.0362. The SMILES string of the molecule is CN(CC(=O)NCc1ccco1)Cc1cccc(Cl)c1. The molecule has 0 fully saturated rings. The highest BCUT2D eigenvalue weighted by atomic mass is 35.5. The third-order valence-corrected chi connectivity index (χ3v) is 3.03. The van der Waals surface area contributed by atoms with Crippen molar-refractivity contribution in [1.29, 1.82) is 0 Å². The van der Waals surface area contributed by atoms with Gasteiger partial charge < -0.3 is 9.73 Å². The highest BCUT2D eigenvalue weighted by Gasteiger charge is 2.07. The summed E-state index contributed by atoms with van der Waals surface area (Å²) in [6, 6.07) is 11.3. The van der Waals surface area contributed by atoms with Crippen molar-refractivity contribution in [3.63, 3.8) is 0 Å². The minimum atomic E-state index is -0.0362. The number of amides is 1. The predicted octanol–water partition coefficient (Wildman–Crippen LogP) is 2.68. The van der Waals surface area contributed by atoms with Gasteiger partial charge in [0.25, 0.3) is 0 Å². The highest BCUT2D eigenvalue weighted by Crippen LogP contribution is 2.11. The Morgan fingerprint density at radius 3 is 2.90 bits per heavy atom. The van der Waals surface area contributed by atoms with E-state index in [0.29, 0.717) is 24.7 Å². The van der Waals surface area contributed by atoms with Gasteiger partial charge in [0.1, 0.15) is 5.76 Å². The zero-order valence-corrected chi connectivity index (χ0v) is 12.1. The van der Waals surface area contributed by atoms with Gasteiger partial charge >= 0.3 is 0 Å². The van der Waals surface area contributed by atoms with Gasteiger partial charge in [0.05, 0.1) is 19.4 Å². The van der Waals surface area contributed by atoms with Gasteiger partial charge in [0.2, 0.25) is 5.91 Å². The quantitative estimate of drug-likeness (QED) is 0.890. The van der Waals surface area contributed by atoms with Gasteiger partial charge in [0.15, 0.2) is 0 Å². The van der Waals surface area contributed by atoms with E-state index in [0.717, 1.165) is 11.3 Å². The molecular weight excluding hydrogens is 276 g/mol. The Morgan fingerprint density at radius 1 is 1.35 bits per heavy atom. The Hall–Kier alpha value is -1.78. The lowest BCUT2D eigenvalue weighted by molar-refractivity contribution is -0.122. The number of carbonyl (C=O) groups is 1. The van der Waals surface area contributed by atoms with E-state index < -0.39 is 0 Å². The summed E-state index contributed by atoms with van der Waals surface area (Å²) in [5, 5.41) is 3.52. The molecule has 0 radical (unpaired) electrons. The van der Waals surface area contributed by atoms with E-state index in [2.05, 4.69) is 5.32 Å². The fourth-order valence-electron chi connectivity index (χ4n) is 1.90. The van der Waals surface area contributed by atoms with E-state index in [1.807, 2.05) is 42.3 Å². The Balaban J connectivity index is 1.76. The minimum Gasteiger partial charge on any atom is -0.467 e. The van der Waals surface area contributed by atoms with Gasteiger partial charge in [-0.2, -0.15) is 0 Å². The second-order valence-corrected chi connectivity index (χ2v) is 5.09. The van der Waals surface area contributed by atoms with E-state index in [9.17, 15) is 4.79 Å². The summed E-state index contributed by atoms with van der Waals surface area (Å²) in [5.74, 6) is 0.710. The van der Waals surface area contributed by atoms with Crippen LogP contribution < -0.4 is 5.32 Å². The molecule has 1 amide bonds. The van der Waals surface area contributed by atoms with Crippen LogP contribution >= 0.6 is 11.6 Å². The van der Waals surface area contributed by atoms with E-state index in [4.69, 9.17) is 16.0 Å². The summed E-state index contributed by atoms with van der Waals surface area (Å²) in [6.45, 7) is 1.42. The normalized spacial score (nSPS) is 10.8. The van der Waals surface area contributed by atoms with Gasteiger partial charge in [-0.3, -0.25) is 9.69 Å². The molecule has 0 saturated carbocycles. The third kappa shape index (κ3) is 4.72. The van der Waals surface area contributed by atoms with Crippen molar-refractivity contribution in [2.24, 2.45) is 0 Å². The number of furan rings is 1. The van der Waals surface area contributed by atoms with Crippen LogP contribution in [0.4, 0.5) is 0 Å². The average Bonchev–Trinajstić information content (AvgIpc) is 2.89. The lowest BCUT2D eigenvalue weighted by Crippen LogP contribution is -2.34. The predicted molar refractivity (Wildman–Crippen MR) is 78.3 cm³/mol. The lowest BCUT2D eigenvalue weighted by atomic mass is 10.2. The summed E-state index contributed by atoms with van der Waals surface area (Å²) in [4.78, 5) is 13.7. The van der Waals surface area contributed by atoms with Crippen molar-refractivity contribution in [2.45, 2.75) is 13.1 Å². The van der Waals surface area contributed by atoms with Crippen LogP contribution in [0.2, 0.25) is 5.02 Å². The zero-order chi connectivity index (χ0) is 14.4. The maximum atomic E-state index is 11.8. The van der Waals surface area contributed by atoms with Crippen LogP contribution in [0.15, 0.2) is 47.1 Å². The number of halogens is 1. The molecular formula is C15H17ClN2O2. The van der Waals surface area contributed by atoms with Gasteiger partial charge in [-0.25, -0.2) is 0 Å². The maximum absolute atomic E-state index is 11.8. The summed E-state index contributed by atoms with van der Waals surface area (Å²) in [7, 11) is 1.90. The molecule has 0 bridgehead atoms. The van der Waals surface area contributed by atoms with Crippen LogP contribution in [0.5, 0.6) is 0 Å². The summed E-state index contributed by atoms with van der Waals surface area (Å²) >= 11 is 5.93. The Labute approximate surface area is 123 Å². The molecule has 106 valence electrons. The molecule has 0 unspecified atom stereocenters. The molecule has 1 heterocycles. The fraction of sp³-hybridized carbons (Fsp3) is 0.267. The lowest BCUT2D eigenvalue weighted by Gasteiger charge is -2.16. The van der Waals surface area contributed by atoms with Crippen LogP contribution in [0.3, 0.4) is 0 Å². The standard InChI is InChI=1S/C15H17ClN2O2/c1-18(10-12-4-2-5-13(16)8-12)11-15(19)17-9-14-6-3-7-20-14/h2-8H,9-11H2,1H3,(H,17,19). The number of hydrogen-bond acceptors (Lipinski definition) is 3. The van der Waals surface area contributed by atoms with Gasteiger partial charge in [0, 0.05) is 11.6 Å². The first-order chi connectivity index (χ1) is 9.63. The number of likely N-dealkylation sites (N-methyl/N-ethyl adjacent to an activating group) is 1. The van der Waals surface area contributed by atoms with E-state index >= 15 is 0 Å². The van der Waals surface area contributed by atoms with Crippen molar-refractivity contribution in [2.75, 3.05) is 13.6 Å². The van der Waals surface area contributed by atoms with Crippen LogP contribution in [0.25, 0.3) is 0 Å². The van der Waals surface area contributed by atoms with Crippen LogP contribution in [0, 0.1) is 0 Å². The van der Waals surface area contributed by atoms with Crippen molar-refractivity contribution in [3.8, 4) is 0 Å². The molecule has 0 aliphatic heterocycles. The first-order valence-corrected chi connectivity index (χ1v) is 6.73. The maximum Gasteiger partial charge on any atom is 0.234 e. The van der Waals surface area contributed by atoms with Gasteiger partial charge in [-0.1, -0.05) is 23.7 Å². The van der Waals surface area contributed by atoms with Crippen molar-refractivity contribution in [1.82, 2.24) is 10.2 Å². The van der Waals surface area contributed by atoms with E-state index in [1.54, 1.807) is 12.3 Å². The van der Waals surface area contributed by atoms with Crippen molar-refractivity contribution < 1.29 is 9.21 Å². The fourth-order valence-corrected chi connectivity index (χ4v) is 2.12. The summed E-state index contributed by atoms with van der Waals surface area (Å²) < 4.78 is 5.15. The Morgan fingerprint density at radius 2 is 2.20 bits per heavy atom. The average molecular weight is 293 g/mol. The number of carbonyl (C=O) groups excluding carboxylic acids is 1. The number of nitrogens with one attached hydrogen (secondary N) is 1. The second-order valence-electron chi connectivity index (χ2n) is 4.66. The third-order valence-electron chi connectivity index (χ3n) is 2.79. The zero-order valence-electron chi connectivity index (χ0n) is 11.3. The molecule has 2 aromatic rings. The highest BCUT2D eigenvalue weighted by molar-refractivity contribution is 6.30. The first-order valence-electron chi connectivity index (χ1n) is 6.35. The molecule has 1 aromatic heterocycles. The van der Waals surface area contributed by atoms with Gasteiger partial charge in [-0.05, 0) is 36.9 Å². The molecule has 0 aliphatic rings. The second kappa shape index (κ2) is 7.12. The number of benzene rings is 1. The van der Waals surface area contributed by atoms with E-state index in [1.165, 1.54) is 0 Å².